The molecule has 3 heteroatoms. The van der Waals surface area contributed by atoms with Crippen molar-refractivity contribution >= 4 is 11.7 Å². The van der Waals surface area contributed by atoms with E-state index >= 15 is 0 Å². The Labute approximate surface area is 118 Å². The van der Waals surface area contributed by atoms with E-state index in [1.807, 2.05) is 20.8 Å². The smallest absolute Gasteiger partial charge is 0.220 e. The Morgan fingerprint density at radius 3 is 1.95 bits per heavy atom. The van der Waals surface area contributed by atoms with Gasteiger partial charge in [-0.05, 0) is 6.42 Å². The summed E-state index contributed by atoms with van der Waals surface area (Å²) in [6, 6.07) is 0. The van der Waals surface area contributed by atoms with Crippen LogP contribution in [0, 0.1) is 5.41 Å². The Morgan fingerprint density at radius 2 is 1.42 bits per heavy atom. The number of Topliss-reactive ketones (excluding diaryl/α,β-unsaturated/α-hetero) is 1. The summed E-state index contributed by atoms with van der Waals surface area (Å²) in [5, 5.41) is 2.71. The van der Waals surface area contributed by atoms with Crippen molar-refractivity contribution in [2.75, 3.05) is 6.54 Å². The molecule has 0 aliphatic rings. The lowest BCUT2D eigenvalue weighted by molar-refractivity contribution is -0.129. The maximum absolute atomic E-state index is 11.6. The third kappa shape index (κ3) is 10.7. The van der Waals surface area contributed by atoms with Gasteiger partial charge in [-0.3, -0.25) is 9.59 Å². The summed E-state index contributed by atoms with van der Waals surface area (Å²) in [5.74, 6) is 0.0894. The molecule has 112 valence electrons. The maximum atomic E-state index is 11.6. The number of rotatable bonds is 10. The number of hydrogen-bond donors (Lipinski definition) is 1. The average Bonchev–Trinajstić information content (AvgIpc) is 2.33. The van der Waals surface area contributed by atoms with Crippen LogP contribution < -0.4 is 5.32 Å². The highest BCUT2D eigenvalue weighted by Crippen LogP contribution is 2.13. The fourth-order valence-corrected chi connectivity index (χ4v) is 1.78. The monoisotopic (exact) mass is 269 g/mol. The van der Waals surface area contributed by atoms with E-state index in [4.69, 9.17) is 0 Å². The van der Waals surface area contributed by atoms with Gasteiger partial charge in [-0.25, -0.2) is 0 Å². The Balaban J connectivity index is 3.48. The number of carbonyl (C=O) groups is 2. The Bertz CT molecular complexity index is 266. The molecule has 0 heterocycles. The molecule has 0 radical (unpaired) electrons. The van der Waals surface area contributed by atoms with E-state index < -0.39 is 0 Å². The highest BCUT2D eigenvalue weighted by molar-refractivity contribution is 5.89. The fraction of sp³-hybridized carbons (Fsp3) is 0.875. The number of unbranched alkanes of at least 4 members (excludes halogenated alkanes) is 6. The summed E-state index contributed by atoms with van der Waals surface area (Å²) in [5.41, 5.74) is -0.368. The first-order chi connectivity index (χ1) is 8.88. The predicted molar refractivity (Wildman–Crippen MR) is 80.1 cm³/mol. The first-order valence-electron chi connectivity index (χ1n) is 7.68. The highest BCUT2D eigenvalue weighted by atomic mass is 16.2. The van der Waals surface area contributed by atoms with E-state index in [0.29, 0.717) is 6.42 Å². The molecule has 0 atom stereocenters. The molecule has 19 heavy (non-hydrogen) atoms. The second kappa shape index (κ2) is 9.99. The molecule has 0 unspecified atom stereocenters. The molecule has 0 aromatic carbocycles. The van der Waals surface area contributed by atoms with Crippen molar-refractivity contribution < 1.29 is 9.59 Å². The van der Waals surface area contributed by atoms with Crippen LogP contribution in [-0.2, 0) is 9.59 Å². The van der Waals surface area contributed by atoms with Crippen LogP contribution in [0.3, 0.4) is 0 Å². The van der Waals surface area contributed by atoms with Gasteiger partial charge in [0.25, 0.3) is 0 Å². The van der Waals surface area contributed by atoms with Gasteiger partial charge in [-0.15, -0.1) is 0 Å². The van der Waals surface area contributed by atoms with E-state index in [2.05, 4.69) is 12.2 Å². The summed E-state index contributed by atoms with van der Waals surface area (Å²) in [6.07, 6.45) is 8.98. The van der Waals surface area contributed by atoms with Crippen molar-refractivity contribution in [3.8, 4) is 0 Å². The number of hydrogen-bond acceptors (Lipinski definition) is 2. The minimum atomic E-state index is -0.368. The minimum absolute atomic E-state index is 0.00570. The standard InChI is InChI=1S/C16H31NO2/c1-5-6-7-8-9-10-11-12-15(19)17-13-14(18)16(2,3)4/h5-13H2,1-4H3,(H,17,19). The van der Waals surface area contributed by atoms with Crippen molar-refractivity contribution in [3.63, 3.8) is 0 Å². The average molecular weight is 269 g/mol. The van der Waals surface area contributed by atoms with Gasteiger partial charge in [0.2, 0.25) is 5.91 Å². The van der Waals surface area contributed by atoms with Crippen molar-refractivity contribution in [2.45, 2.75) is 79.1 Å². The number of amides is 1. The molecule has 1 N–H and O–H groups in total. The van der Waals surface area contributed by atoms with Gasteiger partial charge in [0.15, 0.2) is 5.78 Å². The third-order valence-corrected chi connectivity index (χ3v) is 3.29. The van der Waals surface area contributed by atoms with Crippen LogP contribution in [0.5, 0.6) is 0 Å². The van der Waals surface area contributed by atoms with Crippen LogP contribution in [0.15, 0.2) is 0 Å². The lowest BCUT2D eigenvalue weighted by Gasteiger charge is -2.16. The molecule has 0 spiro atoms. The Morgan fingerprint density at radius 1 is 0.895 bits per heavy atom. The zero-order valence-electron chi connectivity index (χ0n) is 13.2. The van der Waals surface area contributed by atoms with Crippen LogP contribution in [-0.4, -0.2) is 18.2 Å². The molecule has 0 aliphatic carbocycles. The lowest BCUT2D eigenvalue weighted by atomic mass is 9.91. The maximum Gasteiger partial charge on any atom is 0.220 e. The molecule has 0 aliphatic heterocycles. The molecular weight excluding hydrogens is 238 g/mol. The van der Waals surface area contributed by atoms with Gasteiger partial charge < -0.3 is 5.32 Å². The first-order valence-corrected chi connectivity index (χ1v) is 7.68. The zero-order chi connectivity index (χ0) is 14.7. The molecule has 0 saturated heterocycles. The summed E-state index contributed by atoms with van der Waals surface area (Å²) < 4.78 is 0. The van der Waals surface area contributed by atoms with Gasteiger partial charge in [0.05, 0.1) is 6.54 Å². The number of nitrogens with one attached hydrogen (secondary N) is 1. The number of carbonyl (C=O) groups excluding carboxylic acids is 2. The van der Waals surface area contributed by atoms with Gasteiger partial charge in [0.1, 0.15) is 0 Å². The molecule has 0 bridgehead atoms. The van der Waals surface area contributed by atoms with Crippen LogP contribution in [0.2, 0.25) is 0 Å². The predicted octanol–water partition coefficient (Wildman–Crippen LogP) is 3.86. The molecule has 0 rings (SSSR count). The van der Waals surface area contributed by atoms with E-state index in [1.54, 1.807) is 0 Å². The minimum Gasteiger partial charge on any atom is -0.349 e. The highest BCUT2D eigenvalue weighted by Gasteiger charge is 2.20. The Kier molecular flexibility index (Phi) is 9.54. The van der Waals surface area contributed by atoms with Crippen LogP contribution >= 0.6 is 0 Å². The summed E-state index contributed by atoms with van der Waals surface area (Å²) in [4.78, 5) is 23.2. The molecule has 0 aromatic rings. The van der Waals surface area contributed by atoms with E-state index in [1.165, 1.54) is 32.1 Å². The van der Waals surface area contributed by atoms with Gasteiger partial charge in [-0.2, -0.15) is 0 Å². The molecular formula is C16H31NO2. The van der Waals surface area contributed by atoms with E-state index in [-0.39, 0.29) is 23.7 Å². The molecule has 0 aromatic heterocycles. The van der Waals surface area contributed by atoms with Gasteiger partial charge >= 0.3 is 0 Å². The first kappa shape index (κ1) is 18.1. The second-order valence-corrected chi connectivity index (χ2v) is 6.32. The SMILES string of the molecule is CCCCCCCCCC(=O)NCC(=O)C(C)(C)C. The van der Waals surface area contributed by atoms with Crippen molar-refractivity contribution in [2.24, 2.45) is 5.41 Å². The van der Waals surface area contributed by atoms with E-state index in [9.17, 15) is 9.59 Å². The molecule has 3 nitrogen and oxygen atoms in total. The fourth-order valence-electron chi connectivity index (χ4n) is 1.78. The normalized spacial score (nSPS) is 11.4. The lowest BCUT2D eigenvalue weighted by Crippen LogP contribution is -2.35. The summed E-state index contributed by atoms with van der Waals surface area (Å²) >= 11 is 0. The topological polar surface area (TPSA) is 46.2 Å². The molecule has 0 saturated carbocycles. The van der Waals surface area contributed by atoms with Crippen molar-refractivity contribution in [3.05, 3.63) is 0 Å². The largest absolute Gasteiger partial charge is 0.349 e. The van der Waals surface area contributed by atoms with Crippen molar-refractivity contribution in [1.29, 1.82) is 0 Å². The quantitative estimate of drug-likeness (QED) is 0.612. The van der Waals surface area contributed by atoms with Gasteiger partial charge in [-0.1, -0.05) is 66.2 Å². The number of ketones is 1. The summed E-state index contributed by atoms with van der Waals surface area (Å²) in [7, 11) is 0. The second-order valence-electron chi connectivity index (χ2n) is 6.32. The molecule has 0 fully saturated rings. The van der Waals surface area contributed by atoms with Crippen molar-refractivity contribution in [1.82, 2.24) is 5.32 Å². The Hall–Kier alpha value is -0.860. The van der Waals surface area contributed by atoms with Gasteiger partial charge in [0, 0.05) is 11.8 Å². The van der Waals surface area contributed by atoms with Crippen LogP contribution in [0.25, 0.3) is 0 Å². The van der Waals surface area contributed by atoms with Crippen LogP contribution in [0.4, 0.5) is 0 Å². The zero-order valence-corrected chi connectivity index (χ0v) is 13.2. The van der Waals surface area contributed by atoms with E-state index in [0.717, 1.165) is 12.8 Å². The third-order valence-electron chi connectivity index (χ3n) is 3.29. The van der Waals surface area contributed by atoms with Crippen LogP contribution in [0.1, 0.15) is 79.1 Å². The summed E-state index contributed by atoms with van der Waals surface area (Å²) in [6.45, 7) is 8.00. The molecule has 1 amide bonds.